The van der Waals surface area contributed by atoms with Crippen LogP contribution in [0.15, 0.2) is 36.7 Å². The SMILES string of the molecule is COc1ncc(-c2ccccc2C(C)=O)cn1. The van der Waals surface area contributed by atoms with Crippen LogP contribution in [-0.2, 0) is 0 Å². The van der Waals surface area contributed by atoms with Crippen molar-refractivity contribution in [1.29, 1.82) is 0 Å². The Morgan fingerprint density at radius 2 is 1.82 bits per heavy atom. The molecule has 0 saturated carbocycles. The first-order chi connectivity index (χ1) is 8.22. The first kappa shape index (κ1) is 11.3. The van der Waals surface area contributed by atoms with Gasteiger partial charge in [-0.1, -0.05) is 24.3 Å². The van der Waals surface area contributed by atoms with Gasteiger partial charge < -0.3 is 4.74 Å². The molecule has 0 atom stereocenters. The van der Waals surface area contributed by atoms with E-state index in [-0.39, 0.29) is 5.78 Å². The standard InChI is InChI=1S/C13H12N2O2/c1-9(16)11-5-3-4-6-12(11)10-7-14-13(17-2)15-8-10/h3-8H,1-2H3. The van der Waals surface area contributed by atoms with Crippen LogP contribution in [-0.4, -0.2) is 22.9 Å². The molecule has 0 fully saturated rings. The molecular weight excluding hydrogens is 216 g/mol. The van der Waals surface area contributed by atoms with Crippen molar-refractivity contribution in [1.82, 2.24) is 9.97 Å². The number of aromatic nitrogens is 2. The minimum Gasteiger partial charge on any atom is -0.467 e. The van der Waals surface area contributed by atoms with Crippen LogP contribution in [0.2, 0.25) is 0 Å². The molecule has 1 aromatic heterocycles. The van der Waals surface area contributed by atoms with Crippen molar-refractivity contribution in [3.63, 3.8) is 0 Å². The molecule has 0 aliphatic heterocycles. The highest BCUT2D eigenvalue weighted by molar-refractivity contribution is 6.00. The average molecular weight is 228 g/mol. The van der Waals surface area contributed by atoms with Crippen LogP contribution in [0, 0.1) is 0 Å². The van der Waals surface area contributed by atoms with E-state index in [9.17, 15) is 4.79 Å². The summed E-state index contributed by atoms with van der Waals surface area (Å²) in [7, 11) is 1.51. The smallest absolute Gasteiger partial charge is 0.316 e. The van der Waals surface area contributed by atoms with Gasteiger partial charge in [0.15, 0.2) is 5.78 Å². The number of Topliss-reactive ketones (excluding diaryl/α,β-unsaturated/α-hetero) is 1. The molecule has 0 radical (unpaired) electrons. The van der Waals surface area contributed by atoms with Gasteiger partial charge in [0, 0.05) is 23.5 Å². The lowest BCUT2D eigenvalue weighted by Gasteiger charge is -2.06. The van der Waals surface area contributed by atoms with Crippen LogP contribution in [0.25, 0.3) is 11.1 Å². The van der Waals surface area contributed by atoms with Crippen molar-refractivity contribution < 1.29 is 9.53 Å². The molecule has 86 valence electrons. The number of carbonyl (C=O) groups is 1. The van der Waals surface area contributed by atoms with Crippen LogP contribution < -0.4 is 4.74 Å². The molecular formula is C13H12N2O2. The number of carbonyl (C=O) groups excluding carboxylic acids is 1. The Morgan fingerprint density at radius 3 is 2.41 bits per heavy atom. The number of benzene rings is 1. The molecule has 1 heterocycles. The van der Waals surface area contributed by atoms with Gasteiger partial charge in [0.05, 0.1) is 7.11 Å². The minimum absolute atomic E-state index is 0.0245. The summed E-state index contributed by atoms with van der Waals surface area (Å²) < 4.78 is 4.89. The molecule has 4 heteroatoms. The topological polar surface area (TPSA) is 52.1 Å². The van der Waals surface area contributed by atoms with Crippen molar-refractivity contribution in [3.8, 4) is 17.1 Å². The molecule has 2 rings (SSSR count). The quantitative estimate of drug-likeness (QED) is 0.757. The molecule has 0 amide bonds. The predicted molar refractivity (Wildman–Crippen MR) is 64.0 cm³/mol. The molecule has 17 heavy (non-hydrogen) atoms. The summed E-state index contributed by atoms with van der Waals surface area (Å²) in [5.41, 5.74) is 2.31. The van der Waals surface area contributed by atoms with E-state index in [4.69, 9.17) is 4.74 Å². The van der Waals surface area contributed by atoms with E-state index in [1.807, 2.05) is 18.2 Å². The maximum atomic E-state index is 11.5. The second-order valence-corrected chi connectivity index (χ2v) is 3.56. The number of ketones is 1. The predicted octanol–water partition coefficient (Wildman–Crippen LogP) is 2.35. The van der Waals surface area contributed by atoms with Crippen molar-refractivity contribution in [2.75, 3.05) is 7.11 Å². The lowest BCUT2D eigenvalue weighted by molar-refractivity contribution is 0.101. The zero-order valence-corrected chi connectivity index (χ0v) is 9.68. The monoisotopic (exact) mass is 228 g/mol. The van der Waals surface area contributed by atoms with Crippen LogP contribution in [0.4, 0.5) is 0 Å². The molecule has 4 nitrogen and oxygen atoms in total. The normalized spacial score (nSPS) is 10.0. The van der Waals surface area contributed by atoms with Crippen molar-refractivity contribution in [2.24, 2.45) is 0 Å². The van der Waals surface area contributed by atoms with Gasteiger partial charge in [-0.2, -0.15) is 0 Å². The number of methoxy groups -OCH3 is 1. The summed E-state index contributed by atoms with van der Waals surface area (Å²) >= 11 is 0. The highest BCUT2D eigenvalue weighted by Crippen LogP contribution is 2.23. The molecule has 0 aliphatic rings. The summed E-state index contributed by atoms with van der Waals surface area (Å²) in [6, 6.07) is 7.70. The van der Waals surface area contributed by atoms with E-state index >= 15 is 0 Å². The van der Waals surface area contributed by atoms with Crippen molar-refractivity contribution in [2.45, 2.75) is 6.92 Å². The third kappa shape index (κ3) is 2.30. The van der Waals surface area contributed by atoms with Gasteiger partial charge in [-0.15, -0.1) is 0 Å². The molecule has 0 unspecified atom stereocenters. The highest BCUT2D eigenvalue weighted by atomic mass is 16.5. The number of hydrogen-bond donors (Lipinski definition) is 0. The largest absolute Gasteiger partial charge is 0.467 e. The summed E-state index contributed by atoms with van der Waals surface area (Å²) in [6.45, 7) is 1.54. The molecule has 0 N–H and O–H groups in total. The Kier molecular flexibility index (Phi) is 3.14. The Hall–Kier alpha value is -2.23. The second-order valence-electron chi connectivity index (χ2n) is 3.56. The first-order valence-corrected chi connectivity index (χ1v) is 5.18. The third-order valence-corrected chi connectivity index (χ3v) is 2.43. The Bertz CT molecular complexity index is 535. The molecule has 0 saturated heterocycles. The number of nitrogens with zero attached hydrogens (tertiary/aromatic N) is 2. The van der Waals surface area contributed by atoms with Gasteiger partial charge in [0.2, 0.25) is 0 Å². The van der Waals surface area contributed by atoms with Crippen molar-refractivity contribution >= 4 is 5.78 Å². The zero-order valence-electron chi connectivity index (χ0n) is 9.68. The zero-order chi connectivity index (χ0) is 12.3. The van der Waals surface area contributed by atoms with Crippen LogP contribution in [0.1, 0.15) is 17.3 Å². The van der Waals surface area contributed by atoms with Gasteiger partial charge in [0.1, 0.15) is 0 Å². The fourth-order valence-electron chi connectivity index (χ4n) is 1.60. The number of rotatable bonds is 3. The maximum absolute atomic E-state index is 11.5. The average Bonchev–Trinajstić information content (AvgIpc) is 2.39. The first-order valence-electron chi connectivity index (χ1n) is 5.18. The third-order valence-electron chi connectivity index (χ3n) is 2.43. The number of hydrogen-bond acceptors (Lipinski definition) is 4. The van der Waals surface area contributed by atoms with E-state index in [2.05, 4.69) is 9.97 Å². The Labute approximate surface area is 99.3 Å². The van der Waals surface area contributed by atoms with Gasteiger partial charge in [-0.3, -0.25) is 4.79 Å². The molecule has 0 aliphatic carbocycles. The van der Waals surface area contributed by atoms with Crippen LogP contribution >= 0.6 is 0 Å². The molecule has 0 spiro atoms. The Balaban J connectivity index is 2.48. The molecule has 0 bridgehead atoms. The highest BCUT2D eigenvalue weighted by Gasteiger charge is 2.09. The second kappa shape index (κ2) is 4.74. The lowest BCUT2D eigenvalue weighted by atomic mass is 10.00. The van der Waals surface area contributed by atoms with Gasteiger partial charge in [-0.05, 0) is 12.5 Å². The van der Waals surface area contributed by atoms with E-state index in [1.54, 1.807) is 25.4 Å². The van der Waals surface area contributed by atoms with E-state index < -0.39 is 0 Å². The van der Waals surface area contributed by atoms with E-state index in [0.717, 1.165) is 11.1 Å². The maximum Gasteiger partial charge on any atom is 0.316 e. The van der Waals surface area contributed by atoms with Gasteiger partial charge >= 0.3 is 6.01 Å². The van der Waals surface area contributed by atoms with E-state index in [0.29, 0.717) is 11.6 Å². The number of ether oxygens (including phenoxy) is 1. The summed E-state index contributed by atoms with van der Waals surface area (Å²) in [5, 5.41) is 0. The molecule has 2 aromatic rings. The Morgan fingerprint density at radius 1 is 1.18 bits per heavy atom. The fourth-order valence-corrected chi connectivity index (χ4v) is 1.60. The molecule has 1 aromatic carbocycles. The van der Waals surface area contributed by atoms with Gasteiger partial charge in [-0.25, -0.2) is 9.97 Å². The fraction of sp³-hybridized carbons (Fsp3) is 0.154. The summed E-state index contributed by atoms with van der Waals surface area (Å²) in [5.74, 6) is 0.0245. The van der Waals surface area contributed by atoms with Crippen LogP contribution in [0.3, 0.4) is 0 Å². The minimum atomic E-state index is 0.0245. The lowest BCUT2D eigenvalue weighted by Crippen LogP contribution is -1.97. The van der Waals surface area contributed by atoms with Crippen molar-refractivity contribution in [3.05, 3.63) is 42.2 Å². The summed E-state index contributed by atoms with van der Waals surface area (Å²) in [6.07, 6.45) is 3.29. The summed E-state index contributed by atoms with van der Waals surface area (Å²) in [4.78, 5) is 19.6. The van der Waals surface area contributed by atoms with Gasteiger partial charge in [0.25, 0.3) is 0 Å². The van der Waals surface area contributed by atoms with E-state index in [1.165, 1.54) is 7.11 Å². The van der Waals surface area contributed by atoms with Crippen LogP contribution in [0.5, 0.6) is 6.01 Å².